The summed E-state index contributed by atoms with van der Waals surface area (Å²) in [5, 5.41) is 3.34. The summed E-state index contributed by atoms with van der Waals surface area (Å²) < 4.78 is 10.7. The first-order chi connectivity index (χ1) is 11.8. The molecule has 0 unspecified atom stereocenters. The van der Waals surface area contributed by atoms with Crippen LogP contribution >= 0.6 is 11.3 Å². The maximum Gasteiger partial charge on any atom is 0.341 e. The van der Waals surface area contributed by atoms with Crippen LogP contribution in [0.25, 0.3) is 0 Å². The van der Waals surface area contributed by atoms with E-state index in [1.807, 2.05) is 27.7 Å². The summed E-state index contributed by atoms with van der Waals surface area (Å²) in [6.45, 7) is 9.70. The molecule has 1 heterocycles. The standard InChI is InChI=1S/C19H23NO4S/c1-6-23-19(22)16-12(4)13(5)25-18(16)20-17(21)14-7-9-15(10-8-14)24-11(2)3/h7-11H,6H2,1-5H3,(H,20,21). The van der Waals surface area contributed by atoms with Crippen LogP contribution in [0, 0.1) is 13.8 Å². The summed E-state index contributed by atoms with van der Waals surface area (Å²) in [5.41, 5.74) is 1.76. The van der Waals surface area contributed by atoms with Crippen LogP contribution in [0.1, 0.15) is 51.9 Å². The highest BCUT2D eigenvalue weighted by Crippen LogP contribution is 2.33. The molecule has 0 saturated heterocycles. The Labute approximate surface area is 152 Å². The smallest absolute Gasteiger partial charge is 0.341 e. The summed E-state index contributed by atoms with van der Waals surface area (Å²) in [6, 6.07) is 6.91. The van der Waals surface area contributed by atoms with Crippen LogP contribution in [-0.2, 0) is 4.74 Å². The Morgan fingerprint density at radius 2 is 1.80 bits per heavy atom. The lowest BCUT2D eigenvalue weighted by molar-refractivity contribution is 0.0527. The van der Waals surface area contributed by atoms with E-state index in [9.17, 15) is 9.59 Å². The topological polar surface area (TPSA) is 64.6 Å². The van der Waals surface area contributed by atoms with Crippen molar-refractivity contribution in [1.82, 2.24) is 0 Å². The van der Waals surface area contributed by atoms with Crippen molar-refractivity contribution in [1.29, 1.82) is 0 Å². The number of anilines is 1. The molecule has 2 aromatic rings. The van der Waals surface area contributed by atoms with Crippen molar-refractivity contribution in [3.8, 4) is 5.75 Å². The van der Waals surface area contributed by atoms with Gasteiger partial charge in [0.1, 0.15) is 10.8 Å². The van der Waals surface area contributed by atoms with Gasteiger partial charge in [-0.2, -0.15) is 0 Å². The third-order valence-electron chi connectivity index (χ3n) is 3.58. The monoisotopic (exact) mass is 361 g/mol. The number of nitrogens with one attached hydrogen (secondary N) is 1. The molecule has 0 radical (unpaired) electrons. The lowest BCUT2D eigenvalue weighted by atomic mass is 10.1. The minimum Gasteiger partial charge on any atom is -0.491 e. The molecule has 25 heavy (non-hydrogen) atoms. The molecule has 0 spiro atoms. The second kappa shape index (κ2) is 8.16. The number of carbonyl (C=O) groups is 2. The average Bonchev–Trinajstić information content (AvgIpc) is 2.82. The molecule has 1 N–H and O–H groups in total. The highest BCUT2D eigenvalue weighted by Gasteiger charge is 2.22. The number of carbonyl (C=O) groups excluding carboxylic acids is 2. The molecule has 0 atom stereocenters. The largest absolute Gasteiger partial charge is 0.491 e. The quantitative estimate of drug-likeness (QED) is 0.765. The number of benzene rings is 1. The van der Waals surface area contributed by atoms with Crippen molar-refractivity contribution < 1.29 is 19.1 Å². The SMILES string of the molecule is CCOC(=O)c1c(NC(=O)c2ccc(OC(C)C)cc2)sc(C)c1C. The first kappa shape index (κ1) is 19.0. The molecule has 0 aliphatic rings. The van der Waals surface area contributed by atoms with Crippen molar-refractivity contribution in [2.75, 3.05) is 11.9 Å². The Bertz CT molecular complexity index is 762. The van der Waals surface area contributed by atoms with Crippen molar-refractivity contribution in [2.24, 2.45) is 0 Å². The van der Waals surface area contributed by atoms with Gasteiger partial charge in [-0.25, -0.2) is 4.79 Å². The second-order valence-corrected chi connectivity index (χ2v) is 7.08. The molecular formula is C19H23NO4S. The number of rotatable bonds is 6. The van der Waals surface area contributed by atoms with E-state index in [1.54, 1.807) is 31.2 Å². The zero-order valence-electron chi connectivity index (χ0n) is 15.1. The fourth-order valence-electron chi connectivity index (χ4n) is 2.30. The van der Waals surface area contributed by atoms with Crippen LogP contribution in [0.3, 0.4) is 0 Å². The van der Waals surface area contributed by atoms with E-state index in [-0.39, 0.29) is 18.6 Å². The molecule has 0 saturated carbocycles. The van der Waals surface area contributed by atoms with Gasteiger partial charge in [-0.3, -0.25) is 4.79 Å². The van der Waals surface area contributed by atoms with Crippen LogP contribution in [0.5, 0.6) is 5.75 Å². The van der Waals surface area contributed by atoms with Crippen LogP contribution in [0.4, 0.5) is 5.00 Å². The number of aryl methyl sites for hydroxylation is 1. The van der Waals surface area contributed by atoms with Gasteiger partial charge in [0, 0.05) is 10.4 Å². The molecule has 0 bridgehead atoms. The summed E-state index contributed by atoms with van der Waals surface area (Å²) in [6.07, 6.45) is 0.0730. The second-order valence-electron chi connectivity index (χ2n) is 5.85. The number of ether oxygens (including phenoxy) is 2. The Balaban J connectivity index is 2.20. The third kappa shape index (κ3) is 4.60. The molecule has 0 aliphatic heterocycles. The summed E-state index contributed by atoms with van der Waals surface area (Å²) >= 11 is 1.37. The number of amides is 1. The molecule has 5 nitrogen and oxygen atoms in total. The Morgan fingerprint density at radius 3 is 2.36 bits per heavy atom. The third-order valence-corrected chi connectivity index (χ3v) is 4.70. The Morgan fingerprint density at radius 1 is 1.16 bits per heavy atom. The average molecular weight is 361 g/mol. The number of thiophene rings is 1. The van der Waals surface area contributed by atoms with Gasteiger partial charge < -0.3 is 14.8 Å². The Hall–Kier alpha value is -2.34. The molecular weight excluding hydrogens is 338 g/mol. The molecule has 1 amide bonds. The first-order valence-corrected chi connectivity index (χ1v) is 9.00. The summed E-state index contributed by atoms with van der Waals surface area (Å²) in [7, 11) is 0. The highest BCUT2D eigenvalue weighted by atomic mass is 32.1. The maximum atomic E-state index is 12.5. The zero-order chi connectivity index (χ0) is 18.6. The Kier molecular flexibility index (Phi) is 6.20. The van der Waals surface area contributed by atoms with Gasteiger partial charge in [0.25, 0.3) is 5.91 Å². The van der Waals surface area contributed by atoms with E-state index < -0.39 is 5.97 Å². The predicted octanol–water partition coefficient (Wildman–Crippen LogP) is 4.58. The molecule has 0 fully saturated rings. The van der Waals surface area contributed by atoms with Gasteiger partial charge in [-0.1, -0.05) is 0 Å². The number of hydrogen-bond donors (Lipinski definition) is 1. The van der Waals surface area contributed by atoms with E-state index in [4.69, 9.17) is 9.47 Å². The lowest BCUT2D eigenvalue weighted by Crippen LogP contribution is -2.15. The van der Waals surface area contributed by atoms with Gasteiger partial charge in [-0.15, -0.1) is 11.3 Å². The van der Waals surface area contributed by atoms with Crippen molar-refractivity contribution in [3.05, 3.63) is 45.8 Å². The summed E-state index contributed by atoms with van der Waals surface area (Å²) in [5.74, 6) is 0.0183. The number of hydrogen-bond acceptors (Lipinski definition) is 5. The minimum absolute atomic E-state index is 0.0730. The predicted molar refractivity (Wildman–Crippen MR) is 99.9 cm³/mol. The fourth-order valence-corrected chi connectivity index (χ4v) is 3.34. The van der Waals surface area contributed by atoms with Crippen LogP contribution in [0.15, 0.2) is 24.3 Å². The van der Waals surface area contributed by atoms with E-state index in [1.165, 1.54) is 11.3 Å². The van der Waals surface area contributed by atoms with Crippen molar-refractivity contribution in [2.45, 2.75) is 40.7 Å². The van der Waals surface area contributed by atoms with E-state index in [0.29, 0.717) is 21.9 Å². The zero-order valence-corrected chi connectivity index (χ0v) is 16.0. The van der Waals surface area contributed by atoms with Gasteiger partial charge >= 0.3 is 5.97 Å². The molecule has 0 aliphatic carbocycles. The fraction of sp³-hybridized carbons (Fsp3) is 0.368. The molecule has 134 valence electrons. The lowest BCUT2D eigenvalue weighted by Gasteiger charge is -2.10. The van der Waals surface area contributed by atoms with Crippen LogP contribution < -0.4 is 10.1 Å². The van der Waals surface area contributed by atoms with Crippen molar-refractivity contribution >= 4 is 28.2 Å². The van der Waals surface area contributed by atoms with Gasteiger partial charge in [-0.05, 0) is 64.4 Å². The minimum atomic E-state index is -0.416. The van der Waals surface area contributed by atoms with Crippen molar-refractivity contribution in [3.63, 3.8) is 0 Å². The number of esters is 1. The van der Waals surface area contributed by atoms with E-state index >= 15 is 0 Å². The van der Waals surface area contributed by atoms with Crippen LogP contribution in [-0.4, -0.2) is 24.6 Å². The highest BCUT2D eigenvalue weighted by molar-refractivity contribution is 7.16. The molecule has 1 aromatic carbocycles. The molecule has 6 heteroatoms. The molecule has 2 rings (SSSR count). The molecule has 1 aromatic heterocycles. The van der Waals surface area contributed by atoms with E-state index in [2.05, 4.69) is 5.32 Å². The van der Waals surface area contributed by atoms with Crippen LogP contribution in [0.2, 0.25) is 0 Å². The first-order valence-electron chi connectivity index (χ1n) is 8.18. The maximum absolute atomic E-state index is 12.5. The van der Waals surface area contributed by atoms with Gasteiger partial charge in [0.15, 0.2) is 0 Å². The summed E-state index contributed by atoms with van der Waals surface area (Å²) in [4.78, 5) is 25.7. The van der Waals surface area contributed by atoms with Gasteiger partial charge in [0.05, 0.1) is 18.3 Å². The van der Waals surface area contributed by atoms with Gasteiger partial charge in [0.2, 0.25) is 0 Å². The van der Waals surface area contributed by atoms with E-state index in [0.717, 1.165) is 10.4 Å². The normalized spacial score (nSPS) is 10.6.